The van der Waals surface area contributed by atoms with Gasteiger partial charge in [0.25, 0.3) is 0 Å². The van der Waals surface area contributed by atoms with E-state index in [4.69, 9.17) is 0 Å². The fraction of sp³-hybridized carbons (Fsp3) is 0.857. The summed E-state index contributed by atoms with van der Waals surface area (Å²) in [4.78, 5) is 27.7. The van der Waals surface area contributed by atoms with Crippen LogP contribution in [0, 0.1) is 11.8 Å². The van der Waals surface area contributed by atoms with Crippen LogP contribution in [0.2, 0.25) is 0 Å². The molecule has 0 radical (unpaired) electrons. The predicted octanol–water partition coefficient (Wildman–Crippen LogP) is 0.313. The van der Waals surface area contributed by atoms with Crippen molar-refractivity contribution in [2.75, 3.05) is 39.8 Å². The molecule has 0 spiro atoms. The first kappa shape index (κ1) is 14.3. The van der Waals surface area contributed by atoms with Crippen LogP contribution in [0.5, 0.6) is 0 Å². The van der Waals surface area contributed by atoms with E-state index in [0.29, 0.717) is 6.54 Å². The third-order valence-electron chi connectivity index (χ3n) is 4.41. The van der Waals surface area contributed by atoms with Gasteiger partial charge in [0.1, 0.15) is 0 Å². The minimum atomic E-state index is -0.100. The minimum absolute atomic E-state index is 0.0479. The Morgan fingerprint density at radius 2 is 1.95 bits per heavy atom. The van der Waals surface area contributed by atoms with Gasteiger partial charge in [-0.25, -0.2) is 0 Å². The smallest absolute Gasteiger partial charge is 0.225 e. The molecule has 1 N–H and O–H groups in total. The Kier molecular flexibility index (Phi) is 4.80. The van der Waals surface area contributed by atoms with Gasteiger partial charge < -0.3 is 15.1 Å². The molecule has 1 unspecified atom stereocenters. The Labute approximate surface area is 115 Å². The molecule has 2 rings (SSSR count). The van der Waals surface area contributed by atoms with Crippen molar-refractivity contribution in [1.82, 2.24) is 15.1 Å². The molecule has 108 valence electrons. The molecule has 1 aliphatic carbocycles. The summed E-state index contributed by atoms with van der Waals surface area (Å²) >= 11 is 0. The first-order chi connectivity index (χ1) is 9.10. The van der Waals surface area contributed by atoms with Crippen LogP contribution in [0.4, 0.5) is 0 Å². The summed E-state index contributed by atoms with van der Waals surface area (Å²) in [5.74, 6) is 0.817. The zero-order valence-corrected chi connectivity index (χ0v) is 12.0. The lowest BCUT2D eigenvalue weighted by molar-refractivity contribution is -0.130. The molecule has 2 fully saturated rings. The van der Waals surface area contributed by atoms with Gasteiger partial charge in [0, 0.05) is 46.7 Å². The highest BCUT2D eigenvalue weighted by molar-refractivity contribution is 5.80. The molecule has 5 nitrogen and oxygen atoms in total. The average molecular weight is 267 g/mol. The fourth-order valence-corrected chi connectivity index (χ4v) is 2.94. The van der Waals surface area contributed by atoms with Crippen LogP contribution in [-0.4, -0.2) is 61.4 Å². The van der Waals surface area contributed by atoms with E-state index in [1.54, 1.807) is 18.9 Å². The van der Waals surface area contributed by atoms with Crippen molar-refractivity contribution < 1.29 is 9.59 Å². The molecule has 2 aliphatic rings. The van der Waals surface area contributed by atoms with Gasteiger partial charge in [-0.3, -0.25) is 9.59 Å². The highest BCUT2D eigenvalue weighted by atomic mass is 16.2. The lowest BCUT2D eigenvalue weighted by Crippen LogP contribution is -2.42. The zero-order chi connectivity index (χ0) is 13.8. The number of hydrogen-bond donors (Lipinski definition) is 1. The Morgan fingerprint density at radius 1 is 1.21 bits per heavy atom. The van der Waals surface area contributed by atoms with Gasteiger partial charge in [-0.05, 0) is 18.8 Å². The van der Waals surface area contributed by atoms with E-state index in [0.717, 1.165) is 32.1 Å². The molecule has 1 aliphatic heterocycles. The maximum atomic E-state index is 11.9. The highest BCUT2D eigenvalue weighted by Gasteiger charge is 2.30. The van der Waals surface area contributed by atoms with Crippen LogP contribution in [0.15, 0.2) is 0 Å². The molecule has 1 saturated heterocycles. The molecular formula is C14H25N3O2. The fourth-order valence-electron chi connectivity index (χ4n) is 2.94. The molecule has 5 heteroatoms. The molecule has 0 aromatic carbocycles. The normalized spacial score (nSPS) is 25.6. The van der Waals surface area contributed by atoms with Crippen molar-refractivity contribution in [2.45, 2.75) is 26.2 Å². The zero-order valence-electron chi connectivity index (χ0n) is 12.0. The average Bonchev–Trinajstić information content (AvgIpc) is 2.55. The van der Waals surface area contributed by atoms with E-state index >= 15 is 0 Å². The van der Waals surface area contributed by atoms with Crippen molar-refractivity contribution in [3.63, 3.8) is 0 Å². The summed E-state index contributed by atoms with van der Waals surface area (Å²) < 4.78 is 0. The molecule has 0 bridgehead atoms. The van der Waals surface area contributed by atoms with Crippen molar-refractivity contribution >= 4 is 11.8 Å². The number of nitrogens with one attached hydrogen (secondary N) is 1. The molecule has 1 saturated carbocycles. The second kappa shape index (κ2) is 6.37. The number of rotatable bonds is 3. The minimum Gasteiger partial charge on any atom is -0.359 e. The van der Waals surface area contributed by atoms with E-state index in [1.165, 1.54) is 19.3 Å². The summed E-state index contributed by atoms with van der Waals surface area (Å²) in [7, 11) is 1.67. The Bertz CT molecular complexity index is 342. The molecule has 1 heterocycles. The predicted molar refractivity (Wildman–Crippen MR) is 73.6 cm³/mol. The van der Waals surface area contributed by atoms with Gasteiger partial charge >= 0.3 is 0 Å². The third kappa shape index (κ3) is 3.69. The molecule has 2 amide bonds. The van der Waals surface area contributed by atoms with E-state index in [1.807, 2.05) is 0 Å². The van der Waals surface area contributed by atoms with Crippen LogP contribution in [0.25, 0.3) is 0 Å². The summed E-state index contributed by atoms with van der Waals surface area (Å²) in [5.41, 5.74) is 0. The molecule has 0 aromatic heterocycles. The summed E-state index contributed by atoms with van der Waals surface area (Å²) in [6.45, 7) is 5.64. The SMILES string of the molecule is CNC(=O)C1CN(CC2CCC2)CCN(C(C)=O)C1. The largest absolute Gasteiger partial charge is 0.359 e. The maximum absolute atomic E-state index is 11.9. The van der Waals surface area contributed by atoms with Crippen LogP contribution < -0.4 is 5.32 Å². The van der Waals surface area contributed by atoms with Crippen molar-refractivity contribution in [3.05, 3.63) is 0 Å². The van der Waals surface area contributed by atoms with E-state index in [2.05, 4.69) is 10.2 Å². The summed E-state index contributed by atoms with van der Waals surface area (Å²) in [6, 6.07) is 0. The molecule has 19 heavy (non-hydrogen) atoms. The van der Waals surface area contributed by atoms with Crippen LogP contribution >= 0.6 is 0 Å². The first-order valence-electron chi connectivity index (χ1n) is 7.29. The monoisotopic (exact) mass is 267 g/mol. The van der Waals surface area contributed by atoms with Gasteiger partial charge in [0.15, 0.2) is 0 Å². The quantitative estimate of drug-likeness (QED) is 0.801. The van der Waals surface area contributed by atoms with Gasteiger partial charge in [-0.15, -0.1) is 0 Å². The van der Waals surface area contributed by atoms with E-state index in [9.17, 15) is 9.59 Å². The standard InChI is InChI=1S/C14H25N3O2/c1-11(18)17-7-6-16(8-12-4-3-5-12)9-13(10-17)14(19)15-2/h12-13H,3-10H2,1-2H3,(H,15,19). The second-order valence-electron chi connectivity index (χ2n) is 5.83. The topological polar surface area (TPSA) is 52.7 Å². The van der Waals surface area contributed by atoms with Crippen molar-refractivity contribution in [1.29, 1.82) is 0 Å². The van der Waals surface area contributed by atoms with Gasteiger partial charge in [0.2, 0.25) is 11.8 Å². The summed E-state index contributed by atoms with van der Waals surface area (Å²) in [5, 5.41) is 2.72. The lowest BCUT2D eigenvalue weighted by Gasteiger charge is -2.32. The highest BCUT2D eigenvalue weighted by Crippen LogP contribution is 2.27. The van der Waals surface area contributed by atoms with Gasteiger partial charge in [-0.2, -0.15) is 0 Å². The van der Waals surface area contributed by atoms with Crippen molar-refractivity contribution in [2.24, 2.45) is 11.8 Å². The lowest BCUT2D eigenvalue weighted by atomic mass is 9.85. The maximum Gasteiger partial charge on any atom is 0.225 e. The second-order valence-corrected chi connectivity index (χ2v) is 5.83. The molecule has 1 atom stereocenters. The summed E-state index contributed by atoms with van der Waals surface area (Å²) in [6.07, 6.45) is 3.98. The Balaban J connectivity index is 1.98. The number of hydrogen-bond acceptors (Lipinski definition) is 3. The van der Waals surface area contributed by atoms with Crippen LogP contribution in [0.1, 0.15) is 26.2 Å². The Morgan fingerprint density at radius 3 is 2.47 bits per heavy atom. The number of carbonyl (C=O) groups excluding carboxylic acids is 2. The number of nitrogens with zero attached hydrogens (tertiary/aromatic N) is 2. The van der Waals surface area contributed by atoms with E-state index < -0.39 is 0 Å². The first-order valence-corrected chi connectivity index (χ1v) is 7.29. The van der Waals surface area contributed by atoms with Crippen LogP contribution in [0.3, 0.4) is 0 Å². The molecular weight excluding hydrogens is 242 g/mol. The van der Waals surface area contributed by atoms with Gasteiger partial charge in [0.05, 0.1) is 5.92 Å². The number of carbonyl (C=O) groups is 2. The van der Waals surface area contributed by atoms with E-state index in [-0.39, 0.29) is 17.7 Å². The van der Waals surface area contributed by atoms with Crippen molar-refractivity contribution in [3.8, 4) is 0 Å². The Hall–Kier alpha value is -1.10. The third-order valence-corrected chi connectivity index (χ3v) is 4.41. The number of amides is 2. The van der Waals surface area contributed by atoms with Crippen LogP contribution in [-0.2, 0) is 9.59 Å². The van der Waals surface area contributed by atoms with Gasteiger partial charge in [-0.1, -0.05) is 6.42 Å². The molecule has 0 aromatic rings.